The highest BCUT2D eigenvalue weighted by molar-refractivity contribution is 6.46. The van der Waals surface area contributed by atoms with E-state index in [1.807, 2.05) is 73.3 Å². The average Bonchev–Trinajstić information content (AvgIpc) is 3.14. The molecule has 0 unspecified atom stereocenters. The number of imide groups is 1. The molecule has 0 atom stereocenters. The smallest absolute Gasteiger partial charge is 0.282 e. The largest absolute Gasteiger partial charge is 0.497 e. The Morgan fingerprint density at radius 2 is 1.56 bits per heavy atom. The molecule has 0 N–H and O–H groups in total. The monoisotopic (exact) mass is 456 g/mol. The number of likely N-dealkylation sites (N-methyl/N-ethyl adjacent to an activating group) is 1. The normalized spacial score (nSPS) is 13.4. The van der Waals surface area contributed by atoms with E-state index in [9.17, 15) is 9.59 Å². The van der Waals surface area contributed by atoms with Gasteiger partial charge in [0.2, 0.25) is 0 Å². The van der Waals surface area contributed by atoms with E-state index in [2.05, 4.69) is 0 Å². The Labute approximate surface area is 200 Å². The van der Waals surface area contributed by atoms with Crippen molar-refractivity contribution in [2.75, 3.05) is 30.1 Å². The molecule has 0 aliphatic carbocycles. The van der Waals surface area contributed by atoms with Crippen LogP contribution in [-0.4, -0.2) is 32.1 Å². The molecule has 6 heteroatoms. The lowest BCUT2D eigenvalue weighted by molar-refractivity contribution is -0.120. The Morgan fingerprint density at radius 3 is 2.21 bits per heavy atom. The van der Waals surface area contributed by atoms with Gasteiger partial charge in [-0.05, 0) is 55.3 Å². The summed E-state index contributed by atoms with van der Waals surface area (Å²) >= 11 is 0. The molecule has 174 valence electrons. The Hall–Kier alpha value is -4.06. The standard InChI is InChI=1S/C28H28N2O4/c1-4-18-34-23-16-14-20(15-17-23)25-26(29(5-2)21-10-7-6-8-11-21)28(32)30(27(25)31)22-12-9-13-24(19-22)33-3/h6-17,19H,4-5,18H2,1-3H3. The van der Waals surface area contributed by atoms with Gasteiger partial charge in [0.05, 0.1) is 25.0 Å². The highest BCUT2D eigenvalue weighted by atomic mass is 16.5. The Bertz CT molecular complexity index is 1200. The fraction of sp³-hybridized carbons (Fsp3) is 0.214. The first-order valence-electron chi connectivity index (χ1n) is 11.4. The number of benzene rings is 3. The van der Waals surface area contributed by atoms with Crippen molar-refractivity contribution < 1.29 is 19.1 Å². The molecule has 3 aromatic carbocycles. The number of anilines is 2. The van der Waals surface area contributed by atoms with E-state index in [0.717, 1.165) is 17.9 Å². The molecule has 4 rings (SSSR count). The molecule has 6 nitrogen and oxygen atoms in total. The van der Waals surface area contributed by atoms with Gasteiger partial charge in [-0.25, -0.2) is 4.90 Å². The van der Waals surface area contributed by atoms with Crippen molar-refractivity contribution >= 4 is 28.8 Å². The van der Waals surface area contributed by atoms with E-state index < -0.39 is 0 Å². The van der Waals surface area contributed by atoms with Crippen LogP contribution in [0.1, 0.15) is 25.8 Å². The number of para-hydroxylation sites is 1. The summed E-state index contributed by atoms with van der Waals surface area (Å²) in [6.07, 6.45) is 0.905. The molecular formula is C28H28N2O4. The summed E-state index contributed by atoms with van der Waals surface area (Å²) in [4.78, 5) is 30.7. The SMILES string of the molecule is CCCOc1ccc(C2=C(N(CC)c3ccccc3)C(=O)N(c3cccc(OC)c3)C2=O)cc1. The minimum Gasteiger partial charge on any atom is -0.497 e. The molecule has 1 heterocycles. The summed E-state index contributed by atoms with van der Waals surface area (Å²) < 4.78 is 11.0. The second-order valence-corrected chi connectivity index (χ2v) is 7.82. The molecule has 34 heavy (non-hydrogen) atoms. The molecule has 0 saturated heterocycles. The van der Waals surface area contributed by atoms with Crippen LogP contribution in [0.2, 0.25) is 0 Å². The topological polar surface area (TPSA) is 59.1 Å². The quantitative estimate of drug-likeness (QED) is 0.409. The zero-order valence-corrected chi connectivity index (χ0v) is 19.7. The second-order valence-electron chi connectivity index (χ2n) is 7.82. The van der Waals surface area contributed by atoms with Crippen molar-refractivity contribution in [3.63, 3.8) is 0 Å². The molecular weight excluding hydrogens is 428 g/mol. The van der Waals surface area contributed by atoms with Gasteiger partial charge in [-0.15, -0.1) is 0 Å². The minimum absolute atomic E-state index is 0.351. The van der Waals surface area contributed by atoms with Gasteiger partial charge in [0, 0.05) is 18.3 Å². The lowest BCUT2D eigenvalue weighted by Gasteiger charge is -2.25. The molecule has 0 radical (unpaired) electrons. The maximum Gasteiger partial charge on any atom is 0.282 e. The number of hydrogen-bond acceptors (Lipinski definition) is 5. The molecule has 1 aliphatic heterocycles. The zero-order valence-electron chi connectivity index (χ0n) is 19.7. The zero-order chi connectivity index (χ0) is 24.1. The maximum atomic E-state index is 13.8. The van der Waals surface area contributed by atoms with Gasteiger partial charge < -0.3 is 14.4 Å². The van der Waals surface area contributed by atoms with Crippen LogP contribution in [0.15, 0.2) is 84.6 Å². The van der Waals surface area contributed by atoms with Gasteiger partial charge in [0.15, 0.2) is 0 Å². The predicted octanol–water partition coefficient (Wildman–Crippen LogP) is 5.30. The molecule has 2 amide bonds. The highest BCUT2D eigenvalue weighted by Gasteiger charge is 2.42. The minimum atomic E-state index is -0.370. The van der Waals surface area contributed by atoms with Gasteiger partial charge >= 0.3 is 0 Å². The van der Waals surface area contributed by atoms with Crippen molar-refractivity contribution in [2.24, 2.45) is 0 Å². The van der Waals surface area contributed by atoms with E-state index >= 15 is 0 Å². The average molecular weight is 457 g/mol. The summed E-state index contributed by atoms with van der Waals surface area (Å²) in [6, 6.07) is 23.9. The summed E-state index contributed by atoms with van der Waals surface area (Å²) in [5.41, 5.74) is 2.68. The first-order chi connectivity index (χ1) is 16.6. The van der Waals surface area contributed by atoms with Gasteiger partial charge in [0.25, 0.3) is 11.8 Å². The number of rotatable bonds is 9. The van der Waals surface area contributed by atoms with Gasteiger partial charge in [-0.2, -0.15) is 0 Å². The molecule has 1 aliphatic rings. The van der Waals surface area contributed by atoms with Crippen LogP contribution in [0.5, 0.6) is 11.5 Å². The molecule has 0 spiro atoms. The van der Waals surface area contributed by atoms with Crippen LogP contribution in [0.25, 0.3) is 5.57 Å². The summed E-state index contributed by atoms with van der Waals surface area (Å²) in [7, 11) is 1.55. The van der Waals surface area contributed by atoms with Gasteiger partial charge in [-0.3, -0.25) is 9.59 Å². The number of carbonyl (C=O) groups excluding carboxylic acids is 2. The van der Waals surface area contributed by atoms with E-state index in [1.54, 1.807) is 31.4 Å². The molecule has 0 aromatic heterocycles. The van der Waals surface area contributed by atoms with E-state index in [-0.39, 0.29) is 11.8 Å². The van der Waals surface area contributed by atoms with Crippen molar-refractivity contribution in [1.82, 2.24) is 0 Å². The van der Waals surface area contributed by atoms with E-state index in [1.165, 1.54) is 4.90 Å². The van der Waals surface area contributed by atoms with Crippen molar-refractivity contribution in [2.45, 2.75) is 20.3 Å². The Morgan fingerprint density at radius 1 is 0.824 bits per heavy atom. The number of hydrogen-bond donors (Lipinski definition) is 0. The summed E-state index contributed by atoms with van der Waals surface area (Å²) in [5.74, 6) is 0.556. The third kappa shape index (κ3) is 4.39. The third-order valence-electron chi connectivity index (χ3n) is 5.64. The van der Waals surface area contributed by atoms with Crippen molar-refractivity contribution in [3.05, 3.63) is 90.1 Å². The first-order valence-corrected chi connectivity index (χ1v) is 11.4. The fourth-order valence-electron chi connectivity index (χ4n) is 4.03. The van der Waals surface area contributed by atoms with Crippen LogP contribution < -0.4 is 19.3 Å². The number of carbonyl (C=O) groups is 2. The van der Waals surface area contributed by atoms with Crippen LogP contribution >= 0.6 is 0 Å². The van der Waals surface area contributed by atoms with Crippen molar-refractivity contribution in [1.29, 1.82) is 0 Å². The van der Waals surface area contributed by atoms with Crippen LogP contribution in [0.4, 0.5) is 11.4 Å². The van der Waals surface area contributed by atoms with E-state index in [0.29, 0.717) is 41.4 Å². The van der Waals surface area contributed by atoms with E-state index in [4.69, 9.17) is 9.47 Å². The number of nitrogens with zero attached hydrogens (tertiary/aromatic N) is 2. The predicted molar refractivity (Wildman–Crippen MR) is 134 cm³/mol. The van der Waals surface area contributed by atoms with Gasteiger partial charge in [0.1, 0.15) is 17.2 Å². The Kier molecular flexibility index (Phi) is 6.97. The van der Waals surface area contributed by atoms with Gasteiger partial charge in [-0.1, -0.05) is 43.3 Å². The molecule has 0 saturated carbocycles. The molecule has 3 aromatic rings. The van der Waals surface area contributed by atoms with Crippen molar-refractivity contribution in [3.8, 4) is 11.5 Å². The first kappa shape index (κ1) is 23.1. The van der Waals surface area contributed by atoms with Crippen LogP contribution in [0, 0.1) is 0 Å². The number of ether oxygens (including phenoxy) is 2. The lowest BCUT2D eigenvalue weighted by atomic mass is 10.0. The molecule has 0 fully saturated rings. The Balaban J connectivity index is 1.84. The second kappa shape index (κ2) is 10.3. The third-order valence-corrected chi connectivity index (χ3v) is 5.64. The lowest BCUT2D eigenvalue weighted by Crippen LogP contribution is -2.35. The van der Waals surface area contributed by atoms with Crippen LogP contribution in [0.3, 0.4) is 0 Å². The number of amides is 2. The van der Waals surface area contributed by atoms with Crippen LogP contribution in [-0.2, 0) is 9.59 Å². The maximum absolute atomic E-state index is 13.8. The fourth-order valence-corrected chi connectivity index (χ4v) is 4.03. The highest BCUT2D eigenvalue weighted by Crippen LogP contribution is 2.37. The summed E-state index contributed by atoms with van der Waals surface area (Å²) in [6.45, 7) is 5.15. The number of methoxy groups -OCH3 is 1. The summed E-state index contributed by atoms with van der Waals surface area (Å²) in [5, 5.41) is 0. The molecule has 0 bridgehead atoms.